The van der Waals surface area contributed by atoms with Gasteiger partial charge >= 0.3 is 0 Å². The van der Waals surface area contributed by atoms with E-state index in [1.54, 1.807) is 24.3 Å². The molecule has 1 atom stereocenters. The van der Waals surface area contributed by atoms with Gasteiger partial charge in [0.05, 0.1) is 25.9 Å². The van der Waals surface area contributed by atoms with Gasteiger partial charge in [-0.1, -0.05) is 41.5 Å². The molecule has 2 amide bonds. The van der Waals surface area contributed by atoms with Crippen molar-refractivity contribution in [3.05, 3.63) is 59.7 Å². The summed E-state index contributed by atoms with van der Waals surface area (Å²) in [5, 5.41) is 15.6. The van der Waals surface area contributed by atoms with E-state index in [2.05, 4.69) is 78.4 Å². The van der Waals surface area contributed by atoms with Crippen LogP contribution in [0.2, 0.25) is 36.3 Å². The first-order valence-electron chi connectivity index (χ1n) is 16.5. The first-order chi connectivity index (χ1) is 21.9. The molecule has 0 aliphatic carbocycles. The van der Waals surface area contributed by atoms with Crippen LogP contribution in [-0.4, -0.2) is 99.9 Å². The number of nitrogens with one attached hydrogen (secondary N) is 2. The number of benzene rings is 2. The van der Waals surface area contributed by atoms with Crippen molar-refractivity contribution in [3.63, 3.8) is 0 Å². The minimum atomic E-state index is -1.94. The molecule has 1 unspecified atom stereocenters. The summed E-state index contributed by atoms with van der Waals surface area (Å²) in [6, 6.07) is 14.6. The molecular formula is C36H62N4O6Si2. The minimum Gasteiger partial charge on any atom is -0.414 e. The number of carbonyl (C=O) groups is 3. The van der Waals surface area contributed by atoms with Crippen molar-refractivity contribution in [2.75, 3.05) is 64.3 Å². The van der Waals surface area contributed by atoms with E-state index in [9.17, 15) is 19.5 Å². The highest BCUT2D eigenvalue weighted by atomic mass is 28.4. The summed E-state index contributed by atoms with van der Waals surface area (Å²) < 4.78 is 11.8. The molecule has 0 aliphatic heterocycles. The lowest BCUT2D eigenvalue weighted by atomic mass is 10.2. The predicted molar refractivity (Wildman–Crippen MR) is 204 cm³/mol. The van der Waals surface area contributed by atoms with Crippen LogP contribution < -0.4 is 20.4 Å². The zero-order valence-corrected chi connectivity index (χ0v) is 33.9. The van der Waals surface area contributed by atoms with Gasteiger partial charge < -0.3 is 34.4 Å². The molecule has 2 rings (SSSR count). The Kier molecular flexibility index (Phi) is 16.2. The largest absolute Gasteiger partial charge is 0.414 e. The van der Waals surface area contributed by atoms with E-state index in [1.165, 1.54) is 0 Å². The Labute approximate surface area is 291 Å². The molecule has 0 radical (unpaired) electrons. The fraction of sp³-hybridized carbons (Fsp3) is 0.583. The van der Waals surface area contributed by atoms with Crippen LogP contribution in [0.15, 0.2) is 48.5 Å². The number of aliphatic hydroxyl groups excluding tert-OH is 1. The Bertz CT molecular complexity index is 1320. The van der Waals surface area contributed by atoms with Crippen molar-refractivity contribution < 1.29 is 28.3 Å². The number of carbonyl (C=O) groups excluding carboxylic acids is 3. The normalized spacial score (nSPS) is 12.7. The van der Waals surface area contributed by atoms with Crippen LogP contribution in [-0.2, 0) is 13.6 Å². The zero-order valence-electron chi connectivity index (χ0n) is 31.9. The Morgan fingerprint density at radius 3 is 1.44 bits per heavy atom. The van der Waals surface area contributed by atoms with Crippen LogP contribution in [0.3, 0.4) is 0 Å². The summed E-state index contributed by atoms with van der Waals surface area (Å²) in [5.74, 6) is -0.550. The van der Waals surface area contributed by atoms with Crippen molar-refractivity contribution in [1.82, 2.24) is 10.6 Å². The molecule has 2 aromatic carbocycles. The quantitative estimate of drug-likeness (QED) is 0.207. The SMILES string of the molecule is CN(C)c1ccc(C(=O)NCC(=O)CO[Si](C)(C)C(C)(C)C)cc1.CN(C)c1ccc(C(=O)NCC(O)CO[Si](C)(C)C(C)(C)C)cc1. The van der Waals surface area contributed by atoms with E-state index in [4.69, 9.17) is 8.85 Å². The second-order valence-corrected chi connectivity index (χ2v) is 25.2. The number of nitrogens with zero attached hydrogens (tertiary/aromatic N) is 2. The number of aliphatic hydroxyl groups is 1. The smallest absolute Gasteiger partial charge is 0.251 e. The molecule has 12 heteroatoms. The summed E-state index contributed by atoms with van der Waals surface area (Å²) in [4.78, 5) is 40.1. The highest BCUT2D eigenvalue weighted by molar-refractivity contribution is 6.74. The molecule has 0 aliphatic rings. The van der Waals surface area contributed by atoms with Gasteiger partial charge in [0.15, 0.2) is 22.4 Å². The summed E-state index contributed by atoms with van der Waals surface area (Å²) in [6.45, 7) is 21.8. The third-order valence-corrected chi connectivity index (χ3v) is 18.1. The average molecular weight is 703 g/mol. The van der Waals surface area contributed by atoms with Gasteiger partial charge in [-0.15, -0.1) is 0 Å². The number of rotatable bonds is 14. The molecule has 3 N–H and O–H groups in total. The maximum Gasteiger partial charge on any atom is 0.251 e. The van der Waals surface area contributed by atoms with E-state index in [0.717, 1.165) is 11.4 Å². The van der Waals surface area contributed by atoms with Crippen molar-refractivity contribution >= 4 is 45.6 Å². The monoisotopic (exact) mass is 702 g/mol. The molecule has 0 saturated carbocycles. The Balaban J connectivity index is 0.000000480. The van der Waals surface area contributed by atoms with Gasteiger partial charge in [0.1, 0.15) is 0 Å². The molecular weight excluding hydrogens is 641 g/mol. The van der Waals surface area contributed by atoms with Crippen LogP contribution in [0.5, 0.6) is 0 Å². The lowest BCUT2D eigenvalue weighted by Gasteiger charge is -2.36. The van der Waals surface area contributed by atoms with Crippen molar-refractivity contribution in [2.45, 2.75) is 83.9 Å². The van der Waals surface area contributed by atoms with Gasteiger partial charge in [-0.3, -0.25) is 14.4 Å². The predicted octanol–water partition coefficient (Wildman–Crippen LogP) is 5.94. The molecule has 0 spiro atoms. The van der Waals surface area contributed by atoms with Crippen molar-refractivity contribution in [2.24, 2.45) is 0 Å². The summed E-state index contributed by atoms with van der Waals surface area (Å²) in [5.41, 5.74) is 3.18. The summed E-state index contributed by atoms with van der Waals surface area (Å²) in [7, 11) is 3.96. The number of Topliss-reactive ketones (excluding diaryl/α,β-unsaturated/α-hetero) is 1. The Morgan fingerprint density at radius 2 is 1.06 bits per heavy atom. The second kappa shape index (κ2) is 18.1. The fourth-order valence-electron chi connectivity index (χ4n) is 3.52. The topological polar surface area (TPSA) is 120 Å². The van der Waals surface area contributed by atoms with Crippen molar-refractivity contribution in [1.29, 1.82) is 0 Å². The van der Waals surface area contributed by atoms with E-state index in [0.29, 0.717) is 11.1 Å². The molecule has 10 nitrogen and oxygen atoms in total. The van der Waals surface area contributed by atoms with E-state index in [1.807, 2.05) is 62.3 Å². The summed E-state index contributed by atoms with van der Waals surface area (Å²) in [6.07, 6.45) is -0.705. The lowest BCUT2D eigenvalue weighted by Crippen LogP contribution is -2.44. The van der Waals surface area contributed by atoms with Crippen LogP contribution in [0.1, 0.15) is 62.3 Å². The van der Waals surface area contributed by atoms with Crippen LogP contribution in [0.25, 0.3) is 0 Å². The Morgan fingerprint density at radius 1 is 0.688 bits per heavy atom. The third kappa shape index (κ3) is 14.2. The fourth-order valence-corrected chi connectivity index (χ4v) is 5.52. The van der Waals surface area contributed by atoms with Crippen LogP contribution in [0.4, 0.5) is 11.4 Å². The van der Waals surface area contributed by atoms with E-state index < -0.39 is 22.7 Å². The molecule has 0 saturated heterocycles. The van der Waals surface area contributed by atoms with Gasteiger partial charge in [-0.25, -0.2) is 0 Å². The average Bonchev–Trinajstić information content (AvgIpc) is 2.99. The zero-order chi connectivity index (χ0) is 37.1. The number of amides is 2. The second-order valence-electron chi connectivity index (χ2n) is 15.6. The van der Waals surface area contributed by atoms with Gasteiger partial charge in [-0.2, -0.15) is 0 Å². The van der Waals surface area contributed by atoms with Crippen LogP contribution in [0, 0.1) is 0 Å². The molecule has 2 aromatic rings. The maximum atomic E-state index is 12.1. The van der Waals surface area contributed by atoms with Crippen LogP contribution >= 0.6 is 0 Å². The highest BCUT2D eigenvalue weighted by Crippen LogP contribution is 2.37. The molecule has 0 fully saturated rings. The third-order valence-electron chi connectivity index (χ3n) is 9.08. The Hall–Kier alpha value is -3.04. The van der Waals surface area contributed by atoms with Gasteiger partial charge in [0.2, 0.25) is 0 Å². The molecule has 0 aromatic heterocycles. The number of anilines is 2. The summed E-state index contributed by atoms with van der Waals surface area (Å²) >= 11 is 0. The minimum absolute atomic E-state index is 0.0110. The molecule has 0 heterocycles. The maximum absolute atomic E-state index is 12.1. The van der Waals surface area contributed by atoms with E-state index >= 15 is 0 Å². The van der Waals surface area contributed by atoms with Gasteiger partial charge in [0.25, 0.3) is 11.8 Å². The molecule has 0 bridgehead atoms. The first-order valence-corrected chi connectivity index (χ1v) is 22.3. The molecule has 270 valence electrons. The highest BCUT2D eigenvalue weighted by Gasteiger charge is 2.38. The first kappa shape index (κ1) is 43.0. The number of ketones is 1. The standard InChI is InChI=1S/C18H32N2O3Si.C18H30N2O3Si/c2*1-18(2,3)24(6,7)23-13-16(21)12-19-17(22)14-8-10-15(11-9-14)20(4)5/h8-11,16,21H,12-13H2,1-7H3,(H,19,22);8-11H,12-13H2,1-7H3,(H,19,22). The van der Waals surface area contributed by atoms with Crippen molar-refractivity contribution in [3.8, 4) is 0 Å². The van der Waals surface area contributed by atoms with Gasteiger partial charge in [0, 0.05) is 57.2 Å². The van der Waals surface area contributed by atoms with E-state index in [-0.39, 0.29) is 54.0 Å². The van der Waals surface area contributed by atoms with Gasteiger partial charge in [-0.05, 0) is 84.8 Å². The lowest BCUT2D eigenvalue weighted by molar-refractivity contribution is -0.120. The number of hydrogen-bond donors (Lipinski definition) is 3. The molecule has 48 heavy (non-hydrogen) atoms. The number of hydrogen-bond acceptors (Lipinski definition) is 8.